The first kappa shape index (κ1) is 17.8. The van der Waals surface area contributed by atoms with Crippen LogP contribution >= 0.6 is 11.6 Å². The quantitative estimate of drug-likeness (QED) is 0.473. The highest BCUT2D eigenvalue weighted by Crippen LogP contribution is 2.15. The summed E-state index contributed by atoms with van der Waals surface area (Å²) in [6, 6.07) is 7.22. The predicted molar refractivity (Wildman–Crippen MR) is 72.3 cm³/mol. The van der Waals surface area contributed by atoms with Gasteiger partial charge in [-0.15, -0.1) is 12.4 Å². The van der Waals surface area contributed by atoms with E-state index in [9.17, 15) is 16.8 Å². The molecule has 0 aliphatic carbocycles. The zero-order chi connectivity index (χ0) is 15.1. The van der Waals surface area contributed by atoms with Crippen LogP contribution in [0.5, 0.6) is 0 Å². The molecule has 19 heavy (non-hydrogen) atoms. The van der Waals surface area contributed by atoms with E-state index in [0.29, 0.717) is 10.7 Å². The average molecular weight is 330 g/mol. The third-order valence-corrected chi connectivity index (χ3v) is 3.56. The van der Waals surface area contributed by atoms with E-state index in [4.69, 9.17) is 21.9 Å². The molecule has 0 radical (unpaired) electrons. The highest BCUT2D eigenvalue weighted by molar-refractivity contribution is 7.85. The SMILES string of the molecule is C[N+](CCS(=O)(=O)O)=S(=O)=O.Nc1ccccc1Cl. The Morgan fingerprint density at radius 1 is 1.37 bits per heavy atom. The van der Waals surface area contributed by atoms with E-state index < -0.39 is 26.4 Å². The molecule has 0 heterocycles. The Labute approximate surface area is 118 Å². The van der Waals surface area contributed by atoms with Crippen molar-refractivity contribution in [1.82, 2.24) is 0 Å². The molecule has 1 rings (SSSR count). The first-order valence-electron chi connectivity index (χ1n) is 4.89. The molecule has 10 heteroatoms. The molecular weight excluding hydrogens is 316 g/mol. The van der Waals surface area contributed by atoms with Gasteiger partial charge in [0.05, 0.1) is 10.7 Å². The molecule has 0 saturated carbocycles. The Bertz CT molecular complexity index is 626. The van der Waals surface area contributed by atoms with Crippen molar-refractivity contribution in [3.05, 3.63) is 29.3 Å². The first-order chi connectivity index (χ1) is 8.63. The molecule has 0 saturated heterocycles. The predicted octanol–water partition coefficient (Wildman–Crippen LogP) is 0.501. The number of hydrogen-bond donors (Lipinski definition) is 2. The number of nitrogens with zero attached hydrogens (tertiary/aromatic N) is 1. The molecular formula is C9H14ClN2O5S2+. The molecule has 0 unspecified atom stereocenters. The standard InChI is InChI=1S/C6H6ClN.C3H7NO5S2/c7-5-3-1-2-4-6(5)8;1-4(10(5)6)2-3-11(7,8)9/h1-4H,8H2;2-3H2,1H3/p+1. The molecule has 0 bridgehead atoms. The van der Waals surface area contributed by atoms with Crippen LogP contribution in [0.4, 0.5) is 5.69 Å². The minimum absolute atomic E-state index is 0.241. The number of para-hydroxylation sites is 1. The molecule has 1 aromatic rings. The van der Waals surface area contributed by atoms with Crippen molar-refractivity contribution in [2.75, 3.05) is 25.1 Å². The summed E-state index contributed by atoms with van der Waals surface area (Å²) in [6.45, 7) is -0.241. The van der Waals surface area contributed by atoms with Crippen LogP contribution in [0.1, 0.15) is 0 Å². The van der Waals surface area contributed by atoms with Gasteiger partial charge in [0.2, 0.25) is 0 Å². The molecule has 0 atom stereocenters. The molecule has 1 aromatic carbocycles. The minimum atomic E-state index is -4.07. The smallest absolute Gasteiger partial charge is 0.398 e. The summed E-state index contributed by atoms with van der Waals surface area (Å²) in [6.07, 6.45) is 0. The maximum atomic E-state index is 10.1. The summed E-state index contributed by atoms with van der Waals surface area (Å²) in [4.78, 5) is 0. The Morgan fingerprint density at radius 3 is 2.21 bits per heavy atom. The van der Waals surface area contributed by atoms with E-state index >= 15 is 0 Å². The molecule has 0 spiro atoms. The monoisotopic (exact) mass is 329 g/mol. The van der Waals surface area contributed by atoms with Crippen LogP contribution in [0.3, 0.4) is 0 Å². The second-order valence-electron chi connectivity index (χ2n) is 3.38. The fraction of sp³-hybridized carbons (Fsp3) is 0.333. The normalized spacial score (nSPS) is 10.3. The maximum absolute atomic E-state index is 10.1. The number of halogens is 1. The number of benzene rings is 1. The van der Waals surface area contributed by atoms with Crippen LogP contribution in [0.25, 0.3) is 0 Å². The van der Waals surface area contributed by atoms with Gasteiger partial charge in [-0.25, -0.2) is 0 Å². The molecule has 7 nitrogen and oxygen atoms in total. The fourth-order valence-corrected chi connectivity index (χ4v) is 1.79. The van der Waals surface area contributed by atoms with Crippen LogP contribution < -0.4 is 5.73 Å². The fourth-order valence-electron chi connectivity index (χ4n) is 0.794. The summed E-state index contributed by atoms with van der Waals surface area (Å²) in [5.41, 5.74) is 6.02. The molecule has 0 aromatic heterocycles. The third-order valence-electron chi connectivity index (χ3n) is 1.82. The maximum Gasteiger partial charge on any atom is 0.458 e. The highest BCUT2D eigenvalue weighted by Gasteiger charge is 2.09. The number of anilines is 1. The van der Waals surface area contributed by atoms with Crippen molar-refractivity contribution >= 4 is 37.9 Å². The van der Waals surface area contributed by atoms with Gasteiger partial charge < -0.3 is 5.73 Å². The van der Waals surface area contributed by atoms with Gasteiger partial charge >= 0.3 is 10.5 Å². The number of hydrogen-bond acceptors (Lipinski definition) is 5. The van der Waals surface area contributed by atoms with Crippen LogP contribution in [-0.4, -0.2) is 44.7 Å². The van der Waals surface area contributed by atoms with Crippen molar-refractivity contribution in [2.24, 2.45) is 0 Å². The zero-order valence-corrected chi connectivity index (χ0v) is 12.4. The number of nitrogen functional groups attached to an aromatic ring is 1. The van der Waals surface area contributed by atoms with Crippen LogP contribution in [0, 0.1) is 0 Å². The first-order valence-corrected chi connectivity index (χ1v) is 7.91. The molecule has 0 aliphatic rings. The van der Waals surface area contributed by atoms with E-state index in [2.05, 4.69) is 0 Å². The molecule has 0 amide bonds. The summed E-state index contributed by atoms with van der Waals surface area (Å²) in [7, 11) is -5.30. The second kappa shape index (κ2) is 8.10. The Kier molecular flexibility index (Phi) is 7.61. The van der Waals surface area contributed by atoms with E-state index in [0.717, 1.165) is 3.95 Å². The zero-order valence-electron chi connectivity index (χ0n) is 10.0. The lowest BCUT2D eigenvalue weighted by Crippen LogP contribution is -2.16. The van der Waals surface area contributed by atoms with E-state index in [1.54, 1.807) is 12.1 Å². The topological polar surface area (TPSA) is 118 Å². The summed E-state index contributed by atoms with van der Waals surface area (Å²) < 4.78 is 49.3. The van der Waals surface area contributed by atoms with Gasteiger partial charge in [0, 0.05) is 0 Å². The lowest BCUT2D eigenvalue weighted by atomic mass is 10.3. The lowest BCUT2D eigenvalue weighted by Gasteiger charge is -1.91. The van der Waals surface area contributed by atoms with Gasteiger partial charge in [-0.1, -0.05) is 23.7 Å². The van der Waals surface area contributed by atoms with Gasteiger partial charge in [-0.3, -0.25) is 4.55 Å². The summed E-state index contributed by atoms with van der Waals surface area (Å²) >= 11 is 5.58. The van der Waals surface area contributed by atoms with Crippen LogP contribution in [-0.2, 0) is 20.6 Å². The van der Waals surface area contributed by atoms with Gasteiger partial charge in [-0.2, -0.15) is 8.42 Å². The number of nitrogens with two attached hydrogens (primary N) is 1. The van der Waals surface area contributed by atoms with E-state index in [1.807, 2.05) is 12.1 Å². The van der Waals surface area contributed by atoms with E-state index in [-0.39, 0.29) is 6.54 Å². The van der Waals surface area contributed by atoms with Gasteiger partial charge in [0.1, 0.15) is 5.75 Å². The van der Waals surface area contributed by atoms with Crippen molar-refractivity contribution < 1.29 is 25.3 Å². The molecule has 0 aliphatic heterocycles. The van der Waals surface area contributed by atoms with Crippen LogP contribution in [0.15, 0.2) is 24.3 Å². The van der Waals surface area contributed by atoms with E-state index in [1.165, 1.54) is 7.05 Å². The van der Waals surface area contributed by atoms with Crippen molar-refractivity contribution in [3.8, 4) is 0 Å². The number of rotatable bonds is 3. The molecule has 108 valence electrons. The van der Waals surface area contributed by atoms with Gasteiger partial charge in [-0.05, 0) is 12.1 Å². The van der Waals surface area contributed by atoms with Gasteiger partial charge in [0.25, 0.3) is 10.1 Å². The lowest BCUT2D eigenvalue weighted by molar-refractivity contribution is -0.466. The summed E-state index contributed by atoms with van der Waals surface area (Å²) in [5, 5.41) is 0.618. The third kappa shape index (κ3) is 9.42. The summed E-state index contributed by atoms with van der Waals surface area (Å²) in [5.74, 6) is -0.586. The van der Waals surface area contributed by atoms with Crippen molar-refractivity contribution in [1.29, 1.82) is 0 Å². The molecule has 3 N–H and O–H groups in total. The Balaban J connectivity index is 0.000000356. The average Bonchev–Trinajstić information content (AvgIpc) is 2.29. The Morgan fingerprint density at radius 2 is 1.89 bits per heavy atom. The van der Waals surface area contributed by atoms with Crippen molar-refractivity contribution in [2.45, 2.75) is 0 Å². The van der Waals surface area contributed by atoms with Crippen LogP contribution in [0.2, 0.25) is 5.02 Å². The minimum Gasteiger partial charge on any atom is -0.398 e. The Hall–Kier alpha value is -1.16. The van der Waals surface area contributed by atoms with Crippen molar-refractivity contribution in [3.63, 3.8) is 0 Å². The largest absolute Gasteiger partial charge is 0.458 e. The van der Waals surface area contributed by atoms with Gasteiger partial charge in [0.15, 0.2) is 13.6 Å². The molecule has 0 fully saturated rings. The highest BCUT2D eigenvalue weighted by atomic mass is 35.5. The second-order valence-corrected chi connectivity index (χ2v) is 6.41.